The largest absolute Gasteiger partial charge is 0.314 e. The highest BCUT2D eigenvalue weighted by Gasteiger charge is 2.22. The van der Waals surface area contributed by atoms with Crippen molar-refractivity contribution in [2.75, 3.05) is 26.2 Å². The summed E-state index contributed by atoms with van der Waals surface area (Å²) in [5, 5.41) is 7.79. The maximum Gasteiger partial charge on any atom is 0.0522 e. The van der Waals surface area contributed by atoms with E-state index in [2.05, 4.69) is 35.4 Å². The van der Waals surface area contributed by atoms with Crippen molar-refractivity contribution in [3.05, 3.63) is 18.0 Å². The molecule has 0 saturated carbocycles. The van der Waals surface area contributed by atoms with Gasteiger partial charge in [0.05, 0.1) is 6.20 Å². The monoisotopic (exact) mass is 264 g/mol. The Labute approximate surface area is 117 Å². The van der Waals surface area contributed by atoms with Crippen LogP contribution in [0.5, 0.6) is 0 Å². The predicted molar refractivity (Wildman–Crippen MR) is 79.2 cm³/mol. The SMILES string of the molecule is CCNC(C)C1CCN(CCc2cnn(C)c2)CC1. The van der Waals surface area contributed by atoms with Crippen LogP contribution in [0.15, 0.2) is 12.4 Å². The van der Waals surface area contributed by atoms with E-state index in [0.717, 1.165) is 18.9 Å². The molecule has 0 spiro atoms. The first-order valence-electron chi connectivity index (χ1n) is 7.62. The van der Waals surface area contributed by atoms with Crippen LogP contribution in [0.3, 0.4) is 0 Å². The van der Waals surface area contributed by atoms with Crippen molar-refractivity contribution in [3.8, 4) is 0 Å². The van der Waals surface area contributed by atoms with Crippen molar-refractivity contribution in [2.24, 2.45) is 13.0 Å². The lowest BCUT2D eigenvalue weighted by Gasteiger charge is -2.35. The van der Waals surface area contributed by atoms with Crippen LogP contribution in [0.2, 0.25) is 0 Å². The molecule has 1 aromatic rings. The number of nitrogens with zero attached hydrogens (tertiary/aromatic N) is 3. The lowest BCUT2D eigenvalue weighted by atomic mass is 9.90. The van der Waals surface area contributed by atoms with Crippen molar-refractivity contribution in [1.29, 1.82) is 0 Å². The first-order valence-corrected chi connectivity index (χ1v) is 7.62. The van der Waals surface area contributed by atoms with Gasteiger partial charge in [0.25, 0.3) is 0 Å². The first-order chi connectivity index (χ1) is 9.19. The second kappa shape index (κ2) is 7.06. The Morgan fingerprint density at radius 1 is 1.42 bits per heavy atom. The van der Waals surface area contributed by atoms with Crippen LogP contribution in [0.4, 0.5) is 0 Å². The number of nitrogens with one attached hydrogen (secondary N) is 1. The molecule has 0 aliphatic carbocycles. The van der Waals surface area contributed by atoms with Gasteiger partial charge in [0.2, 0.25) is 0 Å². The lowest BCUT2D eigenvalue weighted by molar-refractivity contribution is 0.164. The van der Waals surface area contributed by atoms with E-state index in [0.29, 0.717) is 6.04 Å². The van der Waals surface area contributed by atoms with Gasteiger partial charge in [-0.25, -0.2) is 0 Å². The number of hydrogen-bond donors (Lipinski definition) is 1. The lowest BCUT2D eigenvalue weighted by Crippen LogP contribution is -2.42. The molecule has 1 aromatic heterocycles. The van der Waals surface area contributed by atoms with Gasteiger partial charge < -0.3 is 10.2 Å². The summed E-state index contributed by atoms with van der Waals surface area (Å²) in [6, 6.07) is 0.672. The van der Waals surface area contributed by atoms with E-state index in [1.807, 2.05) is 17.9 Å². The standard InChI is InChI=1S/C15H28N4/c1-4-16-13(2)15-6-9-19(10-7-15)8-5-14-11-17-18(3)12-14/h11-13,15-16H,4-10H2,1-3H3. The molecule has 1 aliphatic heterocycles. The van der Waals surface area contributed by atoms with E-state index in [1.54, 1.807) is 0 Å². The Kier molecular flexibility index (Phi) is 5.40. The van der Waals surface area contributed by atoms with Gasteiger partial charge in [0, 0.05) is 25.8 Å². The Balaban J connectivity index is 1.68. The molecule has 2 rings (SSSR count). The summed E-state index contributed by atoms with van der Waals surface area (Å²) in [5.74, 6) is 0.856. The van der Waals surface area contributed by atoms with Crippen LogP contribution in [0.1, 0.15) is 32.3 Å². The van der Waals surface area contributed by atoms with Gasteiger partial charge in [-0.1, -0.05) is 6.92 Å². The number of hydrogen-bond acceptors (Lipinski definition) is 3. The minimum atomic E-state index is 0.672. The van der Waals surface area contributed by atoms with Crippen molar-refractivity contribution >= 4 is 0 Å². The summed E-state index contributed by atoms with van der Waals surface area (Å²) >= 11 is 0. The number of aryl methyl sites for hydroxylation is 1. The fraction of sp³-hybridized carbons (Fsp3) is 0.800. The summed E-state index contributed by atoms with van der Waals surface area (Å²) in [5.41, 5.74) is 1.35. The maximum atomic E-state index is 4.23. The highest BCUT2D eigenvalue weighted by atomic mass is 15.2. The topological polar surface area (TPSA) is 33.1 Å². The average molecular weight is 264 g/mol. The van der Waals surface area contributed by atoms with Crippen LogP contribution < -0.4 is 5.32 Å². The molecule has 0 bridgehead atoms. The molecule has 4 heteroatoms. The molecule has 1 saturated heterocycles. The second-order valence-corrected chi connectivity index (χ2v) is 5.80. The minimum Gasteiger partial charge on any atom is -0.314 e. The fourth-order valence-corrected chi connectivity index (χ4v) is 3.05. The third-order valence-electron chi connectivity index (χ3n) is 4.34. The van der Waals surface area contributed by atoms with E-state index in [1.165, 1.54) is 38.0 Å². The highest BCUT2D eigenvalue weighted by Crippen LogP contribution is 2.20. The van der Waals surface area contributed by atoms with Crippen LogP contribution in [0.25, 0.3) is 0 Å². The molecule has 0 aromatic carbocycles. The summed E-state index contributed by atoms with van der Waals surface area (Å²) in [4.78, 5) is 2.60. The molecular weight excluding hydrogens is 236 g/mol. The second-order valence-electron chi connectivity index (χ2n) is 5.80. The molecule has 19 heavy (non-hydrogen) atoms. The predicted octanol–water partition coefficient (Wildman–Crippen LogP) is 1.67. The zero-order chi connectivity index (χ0) is 13.7. The minimum absolute atomic E-state index is 0.672. The van der Waals surface area contributed by atoms with Crippen molar-refractivity contribution in [2.45, 2.75) is 39.2 Å². The fourth-order valence-electron chi connectivity index (χ4n) is 3.05. The molecule has 1 fully saturated rings. The van der Waals surface area contributed by atoms with E-state index < -0.39 is 0 Å². The van der Waals surface area contributed by atoms with Gasteiger partial charge in [-0.3, -0.25) is 4.68 Å². The van der Waals surface area contributed by atoms with E-state index >= 15 is 0 Å². The van der Waals surface area contributed by atoms with Gasteiger partial charge in [-0.05, 0) is 57.3 Å². The molecule has 1 aliphatic rings. The highest BCUT2D eigenvalue weighted by molar-refractivity contribution is 5.04. The molecule has 1 N–H and O–H groups in total. The van der Waals surface area contributed by atoms with Crippen LogP contribution in [-0.2, 0) is 13.5 Å². The van der Waals surface area contributed by atoms with Crippen LogP contribution in [0, 0.1) is 5.92 Å². The molecule has 0 amide bonds. The Bertz CT molecular complexity index is 366. The van der Waals surface area contributed by atoms with Crippen molar-refractivity contribution in [1.82, 2.24) is 20.0 Å². The Morgan fingerprint density at radius 2 is 2.16 bits per heavy atom. The Morgan fingerprint density at radius 3 is 2.74 bits per heavy atom. The van der Waals surface area contributed by atoms with Crippen LogP contribution >= 0.6 is 0 Å². The van der Waals surface area contributed by atoms with Gasteiger partial charge >= 0.3 is 0 Å². The van der Waals surface area contributed by atoms with Gasteiger partial charge in [0.15, 0.2) is 0 Å². The smallest absolute Gasteiger partial charge is 0.0522 e. The molecular formula is C15H28N4. The number of likely N-dealkylation sites (tertiary alicyclic amines) is 1. The molecule has 1 unspecified atom stereocenters. The third kappa shape index (κ3) is 4.32. The summed E-state index contributed by atoms with van der Waals surface area (Å²) in [6.07, 6.45) is 7.91. The van der Waals surface area contributed by atoms with Crippen molar-refractivity contribution < 1.29 is 0 Å². The van der Waals surface area contributed by atoms with E-state index in [-0.39, 0.29) is 0 Å². The number of piperidine rings is 1. The van der Waals surface area contributed by atoms with E-state index in [9.17, 15) is 0 Å². The summed E-state index contributed by atoms with van der Waals surface area (Å²) in [6.45, 7) is 9.29. The average Bonchev–Trinajstić information content (AvgIpc) is 2.83. The van der Waals surface area contributed by atoms with Gasteiger partial charge in [0.1, 0.15) is 0 Å². The molecule has 0 radical (unpaired) electrons. The maximum absolute atomic E-state index is 4.23. The van der Waals surface area contributed by atoms with E-state index in [4.69, 9.17) is 0 Å². The first kappa shape index (κ1) is 14.5. The molecule has 4 nitrogen and oxygen atoms in total. The summed E-state index contributed by atoms with van der Waals surface area (Å²) < 4.78 is 1.89. The zero-order valence-electron chi connectivity index (χ0n) is 12.6. The molecule has 2 heterocycles. The van der Waals surface area contributed by atoms with Crippen LogP contribution in [-0.4, -0.2) is 46.9 Å². The van der Waals surface area contributed by atoms with Crippen molar-refractivity contribution in [3.63, 3.8) is 0 Å². The van der Waals surface area contributed by atoms with Gasteiger partial charge in [-0.15, -0.1) is 0 Å². The third-order valence-corrected chi connectivity index (χ3v) is 4.34. The summed E-state index contributed by atoms with van der Waals surface area (Å²) in [7, 11) is 1.98. The zero-order valence-corrected chi connectivity index (χ0v) is 12.6. The normalized spacial score (nSPS) is 19.7. The van der Waals surface area contributed by atoms with Gasteiger partial charge in [-0.2, -0.15) is 5.10 Å². The Hall–Kier alpha value is -0.870. The quantitative estimate of drug-likeness (QED) is 0.848. The number of rotatable bonds is 6. The molecule has 1 atom stereocenters. The number of aromatic nitrogens is 2. The molecule has 108 valence electrons.